The molecule has 1 fully saturated rings. The fourth-order valence-electron chi connectivity index (χ4n) is 2.01. The number of nitrogens with zero attached hydrogens (tertiary/aromatic N) is 1. The van der Waals surface area contributed by atoms with Crippen molar-refractivity contribution in [3.8, 4) is 0 Å². The molecule has 1 saturated heterocycles. The fourth-order valence-corrected chi connectivity index (χ4v) is 2.01. The van der Waals surface area contributed by atoms with Gasteiger partial charge in [0.05, 0.1) is 0 Å². The van der Waals surface area contributed by atoms with Gasteiger partial charge in [-0.15, -0.1) is 0 Å². The van der Waals surface area contributed by atoms with Crippen LogP contribution < -0.4 is 5.32 Å². The van der Waals surface area contributed by atoms with Crippen molar-refractivity contribution in [2.24, 2.45) is 0 Å². The van der Waals surface area contributed by atoms with Gasteiger partial charge >= 0.3 is 0 Å². The molecule has 0 saturated carbocycles. The second-order valence-electron chi connectivity index (χ2n) is 5.20. The van der Waals surface area contributed by atoms with Gasteiger partial charge in [0.25, 0.3) is 0 Å². The van der Waals surface area contributed by atoms with E-state index in [4.69, 9.17) is 0 Å². The summed E-state index contributed by atoms with van der Waals surface area (Å²) in [5.41, 5.74) is -0.0304. The van der Waals surface area contributed by atoms with Crippen LogP contribution in [0.4, 0.5) is 0 Å². The topological polar surface area (TPSA) is 32.3 Å². The molecule has 1 unspecified atom stereocenters. The molecule has 1 atom stereocenters. The number of nitrogens with one attached hydrogen (secondary N) is 1. The maximum Gasteiger partial charge on any atom is 0.223 e. The van der Waals surface area contributed by atoms with Crippen molar-refractivity contribution >= 4 is 5.91 Å². The summed E-state index contributed by atoms with van der Waals surface area (Å²) in [6.45, 7) is 10.3. The van der Waals surface area contributed by atoms with Crippen molar-refractivity contribution in [1.82, 2.24) is 10.2 Å². The molecule has 1 N–H and O–H groups in total. The number of hydrogen-bond donors (Lipinski definition) is 1. The molecule has 1 aliphatic rings. The van der Waals surface area contributed by atoms with Gasteiger partial charge in [0.15, 0.2) is 0 Å². The summed E-state index contributed by atoms with van der Waals surface area (Å²) in [4.78, 5) is 14.1. The summed E-state index contributed by atoms with van der Waals surface area (Å²) in [6.07, 6.45) is 2.80. The van der Waals surface area contributed by atoms with E-state index in [1.807, 2.05) is 4.90 Å². The van der Waals surface area contributed by atoms with Crippen molar-refractivity contribution in [3.05, 3.63) is 0 Å². The largest absolute Gasteiger partial charge is 0.335 e. The van der Waals surface area contributed by atoms with Gasteiger partial charge in [-0.2, -0.15) is 0 Å². The Bertz CT molecular complexity index is 226. The third kappa shape index (κ3) is 3.20. The number of carbonyl (C=O) groups is 1. The van der Waals surface area contributed by atoms with Crippen molar-refractivity contribution in [2.45, 2.75) is 58.5 Å². The Morgan fingerprint density at radius 1 is 1.53 bits per heavy atom. The summed E-state index contributed by atoms with van der Waals surface area (Å²) in [6, 6.07) is 0.420. The fraction of sp³-hybridized carbons (Fsp3) is 0.917. The molecule has 3 heteroatoms. The lowest BCUT2D eigenvalue weighted by Crippen LogP contribution is -2.62. The molecule has 1 aliphatic heterocycles. The molecule has 15 heavy (non-hydrogen) atoms. The second-order valence-corrected chi connectivity index (χ2v) is 5.20. The molecule has 88 valence electrons. The lowest BCUT2D eigenvalue weighted by Gasteiger charge is -2.45. The van der Waals surface area contributed by atoms with Crippen LogP contribution in [0.1, 0.15) is 47.0 Å². The van der Waals surface area contributed by atoms with Crippen LogP contribution in [-0.4, -0.2) is 35.5 Å². The number of unbranched alkanes of at least 4 members (excludes halogenated alkanes) is 1. The lowest BCUT2D eigenvalue weighted by atomic mass is 9.97. The van der Waals surface area contributed by atoms with Crippen molar-refractivity contribution in [2.75, 3.05) is 13.1 Å². The average Bonchev–Trinajstić information content (AvgIpc) is 2.18. The van der Waals surface area contributed by atoms with Crippen LogP contribution in [0, 0.1) is 0 Å². The molecule has 0 spiro atoms. The highest BCUT2D eigenvalue weighted by Gasteiger charge is 2.34. The molecule has 1 heterocycles. The van der Waals surface area contributed by atoms with Gasteiger partial charge < -0.3 is 10.2 Å². The highest BCUT2D eigenvalue weighted by molar-refractivity contribution is 5.77. The molecule has 0 bridgehead atoms. The van der Waals surface area contributed by atoms with Gasteiger partial charge in [-0.05, 0) is 27.2 Å². The smallest absolute Gasteiger partial charge is 0.223 e. The number of amides is 1. The summed E-state index contributed by atoms with van der Waals surface area (Å²) < 4.78 is 0. The van der Waals surface area contributed by atoms with E-state index in [1.54, 1.807) is 0 Å². The van der Waals surface area contributed by atoms with Gasteiger partial charge in [-0.25, -0.2) is 0 Å². The molecule has 0 aliphatic carbocycles. The van der Waals surface area contributed by atoms with Crippen LogP contribution in [0.3, 0.4) is 0 Å². The highest BCUT2D eigenvalue weighted by atomic mass is 16.2. The molecular weight excluding hydrogens is 188 g/mol. The maximum atomic E-state index is 12.0. The predicted molar refractivity (Wildman–Crippen MR) is 62.8 cm³/mol. The normalized spacial score (nSPS) is 25.3. The Labute approximate surface area is 93.2 Å². The highest BCUT2D eigenvalue weighted by Crippen LogP contribution is 2.20. The van der Waals surface area contributed by atoms with Crippen molar-refractivity contribution < 1.29 is 4.79 Å². The number of carbonyl (C=O) groups excluding carboxylic acids is 1. The minimum Gasteiger partial charge on any atom is -0.335 e. The standard InChI is InChI=1S/C12H24N2O/c1-5-6-7-11(15)14-8-10(2)13-9-12(14,3)4/h10,13H,5-9H2,1-4H3. The SMILES string of the molecule is CCCCC(=O)N1CC(C)NCC1(C)C. The summed E-state index contributed by atoms with van der Waals surface area (Å²) in [7, 11) is 0. The first-order chi connectivity index (χ1) is 6.97. The van der Waals surface area contributed by atoms with E-state index >= 15 is 0 Å². The van der Waals surface area contributed by atoms with Crippen LogP contribution in [0.15, 0.2) is 0 Å². The Morgan fingerprint density at radius 2 is 2.20 bits per heavy atom. The Kier molecular flexibility index (Phi) is 4.14. The molecule has 0 aromatic rings. The number of piperazine rings is 1. The van der Waals surface area contributed by atoms with Crippen LogP contribution in [0.2, 0.25) is 0 Å². The first kappa shape index (κ1) is 12.5. The van der Waals surface area contributed by atoms with Gasteiger partial charge in [0, 0.05) is 31.1 Å². The Balaban J connectivity index is 2.59. The maximum absolute atomic E-state index is 12.0. The molecule has 1 rings (SSSR count). The van der Waals surface area contributed by atoms with Crippen molar-refractivity contribution in [3.63, 3.8) is 0 Å². The third-order valence-corrected chi connectivity index (χ3v) is 3.12. The van der Waals surface area contributed by atoms with Gasteiger partial charge in [0.1, 0.15) is 0 Å². The number of hydrogen-bond acceptors (Lipinski definition) is 2. The summed E-state index contributed by atoms with van der Waals surface area (Å²) in [5, 5.41) is 3.42. The van der Waals surface area contributed by atoms with E-state index < -0.39 is 0 Å². The Morgan fingerprint density at radius 3 is 2.80 bits per heavy atom. The van der Waals surface area contributed by atoms with Gasteiger partial charge in [-0.3, -0.25) is 4.79 Å². The van der Waals surface area contributed by atoms with E-state index in [0.29, 0.717) is 18.4 Å². The minimum atomic E-state index is -0.0304. The molecule has 0 aromatic heterocycles. The average molecular weight is 212 g/mol. The van der Waals surface area contributed by atoms with E-state index in [2.05, 4.69) is 33.0 Å². The van der Waals surface area contributed by atoms with Crippen LogP contribution >= 0.6 is 0 Å². The van der Waals surface area contributed by atoms with Crippen molar-refractivity contribution in [1.29, 1.82) is 0 Å². The second kappa shape index (κ2) is 4.97. The van der Waals surface area contributed by atoms with E-state index in [-0.39, 0.29) is 5.54 Å². The monoisotopic (exact) mass is 212 g/mol. The quantitative estimate of drug-likeness (QED) is 0.773. The van der Waals surface area contributed by atoms with E-state index in [1.165, 1.54) is 0 Å². The molecule has 1 amide bonds. The van der Waals surface area contributed by atoms with E-state index in [0.717, 1.165) is 25.9 Å². The lowest BCUT2D eigenvalue weighted by molar-refractivity contribution is -0.138. The van der Waals surface area contributed by atoms with Crippen LogP contribution in [-0.2, 0) is 4.79 Å². The Hall–Kier alpha value is -0.570. The van der Waals surface area contributed by atoms with Crippen LogP contribution in [0.5, 0.6) is 0 Å². The first-order valence-electron chi connectivity index (χ1n) is 6.01. The van der Waals surface area contributed by atoms with Gasteiger partial charge in [0.2, 0.25) is 5.91 Å². The van der Waals surface area contributed by atoms with Crippen LogP contribution in [0.25, 0.3) is 0 Å². The molecule has 0 radical (unpaired) electrons. The number of rotatable bonds is 3. The molecular formula is C12H24N2O. The van der Waals surface area contributed by atoms with E-state index in [9.17, 15) is 4.79 Å². The molecule has 3 nitrogen and oxygen atoms in total. The third-order valence-electron chi connectivity index (χ3n) is 3.12. The minimum absolute atomic E-state index is 0.0304. The summed E-state index contributed by atoms with van der Waals surface area (Å²) >= 11 is 0. The summed E-state index contributed by atoms with van der Waals surface area (Å²) in [5.74, 6) is 0.315. The zero-order chi connectivity index (χ0) is 11.5. The molecule has 0 aromatic carbocycles. The first-order valence-corrected chi connectivity index (χ1v) is 6.01. The zero-order valence-corrected chi connectivity index (χ0v) is 10.5. The zero-order valence-electron chi connectivity index (χ0n) is 10.5. The predicted octanol–water partition coefficient (Wildman–Crippen LogP) is 1.78. The van der Waals surface area contributed by atoms with Gasteiger partial charge in [-0.1, -0.05) is 13.3 Å².